The van der Waals surface area contributed by atoms with Crippen LogP contribution in [0.15, 0.2) is 29.2 Å². The lowest BCUT2D eigenvalue weighted by atomic mass is 10.1. The average Bonchev–Trinajstić information content (AvgIpc) is 2.44. The SMILES string of the molecule is ClC[C@@H]1Sc2ccccc2[C@H]1Cl. The van der Waals surface area contributed by atoms with Gasteiger partial charge in [-0.15, -0.1) is 35.0 Å². The number of thioether (sulfide) groups is 1. The molecule has 0 nitrogen and oxygen atoms in total. The summed E-state index contributed by atoms with van der Waals surface area (Å²) in [4.78, 5) is 1.28. The third kappa shape index (κ3) is 1.34. The molecule has 3 heteroatoms. The Balaban J connectivity index is 2.35. The Bertz CT molecular complexity index is 288. The van der Waals surface area contributed by atoms with Crippen molar-refractivity contribution in [2.45, 2.75) is 15.5 Å². The normalized spacial score (nSPS) is 27.2. The van der Waals surface area contributed by atoms with E-state index in [4.69, 9.17) is 23.2 Å². The van der Waals surface area contributed by atoms with E-state index in [9.17, 15) is 0 Å². The molecule has 12 heavy (non-hydrogen) atoms. The van der Waals surface area contributed by atoms with Crippen molar-refractivity contribution in [2.24, 2.45) is 0 Å². The van der Waals surface area contributed by atoms with Gasteiger partial charge in [-0.05, 0) is 11.6 Å². The number of halogens is 2. The Hall–Kier alpha value is 0.150. The van der Waals surface area contributed by atoms with Gasteiger partial charge < -0.3 is 0 Å². The van der Waals surface area contributed by atoms with E-state index in [-0.39, 0.29) is 5.38 Å². The monoisotopic (exact) mass is 218 g/mol. The Labute approximate surface area is 86.3 Å². The van der Waals surface area contributed by atoms with Crippen molar-refractivity contribution in [3.63, 3.8) is 0 Å². The molecule has 0 radical (unpaired) electrons. The molecular formula is C9H8Cl2S. The van der Waals surface area contributed by atoms with Crippen molar-refractivity contribution in [1.82, 2.24) is 0 Å². The largest absolute Gasteiger partial charge is 0.125 e. The van der Waals surface area contributed by atoms with E-state index >= 15 is 0 Å². The van der Waals surface area contributed by atoms with Crippen molar-refractivity contribution in [1.29, 1.82) is 0 Å². The van der Waals surface area contributed by atoms with Gasteiger partial charge >= 0.3 is 0 Å². The molecule has 1 aliphatic rings. The summed E-state index contributed by atoms with van der Waals surface area (Å²) >= 11 is 13.8. The van der Waals surface area contributed by atoms with Crippen LogP contribution in [-0.2, 0) is 0 Å². The second-order valence-electron chi connectivity index (χ2n) is 2.75. The summed E-state index contributed by atoms with van der Waals surface area (Å²) in [6, 6.07) is 8.23. The highest BCUT2D eigenvalue weighted by Gasteiger charge is 2.30. The molecule has 0 saturated heterocycles. The molecule has 0 aromatic heterocycles. The van der Waals surface area contributed by atoms with E-state index in [0.717, 1.165) is 0 Å². The molecule has 0 fully saturated rings. The number of benzene rings is 1. The van der Waals surface area contributed by atoms with Crippen LogP contribution in [0.2, 0.25) is 0 Å². The van der Waals surface area contributed by atoms with Gasteiger partial charge in [0.15, 0.2) is 0 Å². The minimum Gasteiger partial charge on any atom is -0.125 e. The zero-order chi connectivity index (χ0) is 8.55. The molecule has 1 aromatic carbocycles. The highest BCUT2D eigenvalue weighted by molar-refractivity contribution is 8.00. The molecule has 0 saturated carbocycles. The molecule has 1 aromatic rings. The van der Waals surface area contributed by atoms with Gasteiger partial charge in [0.05, 0.1) is 5.38 Å². The minimum atomic E-state index is 0.0868. The van der Waals surface area contributed by atoms with Gasteiger partial charge in [-0.2, -0.15) is 0 Å². The van der Waals surface area contributed by atoms with Crippen molar-refractivity contribution >= 4 is 35.0 Å². The fourth-order valence-electron chi connectivity index (χ4n) is 1.35. The van der Waals surface area contributed by atoms with Crippen LogP contribution >= 0.6 is 35.0 Å². The van der Waals surface area contributed by atoms with Crippen LogP contribution in [-0.4, -0.2) is 11.1 Å². The third-order valence-electron chi connectivity index (χ3n) is 1.97. The van der Waals surface area contributed by atoms with Crippen molar-refractivity contribution in [3.8, 4) is 0 Å². The first-order valence-corrected chi connectivity index (χ1v) is 5.63. The predicted molar refractivity (Wildman–Crippen MR) is 55.4 cm³/mol. The molecule has 0 unspecified atom stereocenters. The third-order valence-corrected chi connectivity index (χ3v) is 4.54. The van der Waals surface area contributed by atoms with E-state index < -0.39 is 0 Å². The van der Waals surface area contributed by atoms with Crippen LogP contribution in [0.25, 0.3) is 0 Å². The summed E-state index contributed by atoms with van der Waals surface area (Å²) in [6.45, 7) is 0. The fourth-order valence-corrected chi connectivity index (χ4v) is 3.45. The molecule has 0 aliphatic carbocycles. The Morgan fingerprint density at radius 3 is 2.75 bits per heavy atom. The van der Waals surface area contributed by atoms with Gasteiger partial charge in [-0.1, -0.05) is 18.2 Å². The van der Waals surface area contributed by atoms with Gasteiger partial charge in [-0.25, -0.2) is 0 Å². The van der Waals surface area contributed by atoms with E-state index in [1.54, 1.807) is 11.8 Å². The zero-order valence-electron chi connectivity index (χ0n) is 6.34. The van der Waals surface area contributed by atoms with Gasteiger partial charge in [0.2, 0.25) is 0 Å². The van der Waals surface area contributed by atoms with Crippen LogP contribution in [0.3, 0.4) is 0 Å². The molecule has 2 rings (SSSR count). The summed E-state index contributed by atoms with van der Waals surface area (Å²) < 4.78 is 0. The lowest BCUT2D eigenvalue weighted by Gasteiger charge is -2.07. The van der Waals surface area contributed by atoms with E-state index in [2.05, 4.69) is 12.1 Å². The number of fused-ring (bicyclic) bond motifs is 1. The van der Waals surface area contributed by atoms with E-state index in [1.807, 2.05) is 12.1 Å². The highest BCUT2D eigenvalue weighted by atomic mass is 35.5. The van der Waals surface area contributed by atoms with Gasteiger partial charge in [0.1, 0.15) is 0 Å². The topological polar surface area (TPSA) is 0 Å². The summed E-state index contributed by atoms with van der Waals surface area (Å²) in [5.74, 6) is 0.619. The number of alkyl halides is 2. The lowest BCUT2D eigenvalue weighted by molar-refractivity contribution is 0.926. The van der Waals surface area contributed by atoms with Crippen LogP contribution in [0.4, 0.5) is 0 Å². The average molecular weight is 219 g/mol. The molecule has 1 aliphatic heterocycles. The molecular weight excluding hydrogens is 211 g/mol. The molecule has 2 atom stereocenters. The molecule has 0 spiro atoms. The molecule has 64 valence electrons. The second kappa shape index (κ2) is 3.49. The first kappa shape index (κ1) is 8.74. The molecule has 0 amide bonds. The van der Waals surface area contributed by atoms with Crippen LogP contribution in [0.5, 0.6) is 0 Å². The maximum absolute atomic E-state index is 6.20. The van der Waals surface area contributed by atoms with Crippen molar-refractivity contribution < 1.29 is 0 Å². The predicted octanol–water partition coefficient (Wildman–Crippen LogP) is 3.68. The summed E-state index contributed by atoms with van der Waals surface area (Å²) in [5, 5.41) is 0.425. The Kier molecular flexibility index (Phi) is 2.54. The number of rotatable bonds is 1. The standard InChI is InChI=1S/C9H8Cl2S/c10-5-8-9(11)6-3-1-2-4-7(6)12-8/h1-4,8-9H,5H2/t8-,9+/m0/s1. The second-order valence-corrected chi connectivity index (χ2v) is 4.81. The summed E-state index contributed by atoms with van der Waals surface area (Å²) in [6.07, 6.45) is 0. The van der Waals surface area contributed by atoms with Gasteiger partial charge in [0, 0.05) is 16.0 Å². The first-order valence-electron chi connectivity index (χ1n) is 3.78. The Morgan fingerprint density at radius 1 is 1.33 bits per heavy atom. The highest BCUT2D eigenvalue weighted by Crippen LogP contribution is 2.47. The molecule has 0 bridgehead atoms. The number of hydrogen-bond acceptors (Lipinski definition) is 1. The van der Waals surface area contributed by atoms with Crippen molar-refractivity contribution in [3.05, 3.63) is 29.8 Å². The summed E-state index contributed by atoms with van der Waals surface area (Å²) in [5.41, 5.74) is 1.23. The zero-order valence-corrected chi connectivity index (χ0v) is 8.66. The minimum absolute atomic E-state index is 0.0868. The van der Waals surface area contributed by atoms with E-state index in [1.165, 1.54) is 10.5 Å². The quantitative estimate of drug-likeness (QED) is 0.649. The van der Waals surface area contributed by atoms with Crippen LogP contribution in [0, 0.1) is 0 Å². The number of hydrogen-bond donors (Lipinski definition) is 0. The molecule has 1 heterocycles. The van der Waals surface area contributed by atoms with Crippen LogP contribution in [0.1, 0.15) is 10.9 Å². The maximum atomic E-state index is 6.20. The smallest absolute Gasteiger partial charge is 0.0729 e. The summed E-state index contributed by atoms with van der Waals surface area (Å²) in [7, 11) is 0. The lowest BCUT2D eigenvalue weighted by Crippen LogP contribution is -2.05. The van der Waals surface area contributed by atoms with Crippen molar-refractivity contribution in [2.75, 3.05) is 5.88 Å². The van der Waals surface area contributed by atoms with Gasteiger partial charge in [-0.3, -0.25) is 0 Å². The van der Waals surface area contributed by atoms with E-state index in [0.29, 0.717) is 11.1 Å². The maximum Gasteiger partial charge on any atom is 0.0729 e. The fraction of sp³-hybridized carbons (Fsp3) is 0.333. The molecule has 0 N–H and O–H groups in total. The first-order chi connectivity index (χ1) is 5.83. The van der Waals surface area contributed by atoms with Crippen LogP contribution < -0.4 is 0 Å². The van der Waals surface area contributed by atoms with Gasteiger partial charge in [0.25, 0.3) is 0 Å². The Morgan fingerprint density at radius 2 is 2.08 bits per heavy atom.